The van der Waals surface area contributed by atoms with E-state index in [0.29, 0.717) is 23.7 Å². The number of nitrogens with one attached hydrogen (secondary N) is 1. The summed E-state index contributed by atoms with van der Waals surface area (Å²) in [5.41, 5.74) is 2.49. The van der Waals surface area contributed by atoms with Crippen LogP contribution in [-0.2, 0) is 0 Å². The van der Waals surface area contributed by atoms with Gasteiger partial charge in [-0.25, -0.2) is 0 Å². The van der Waals surface area contributed by atoms with Gasteiger partial charge in [0.1, 0.15) is 12.8 Å². The minimum atomic E-state index is -0.273. The van der Waals surface area contributed by atoms with Crippen molar-refractivity contribution in [2.75, 3.05) is 19.0 Å². The smallest absolute Gasteiger partial charge is 0.258 e. The lowest BCUT2D eigenvalue weighted by atomic mass is 10.0. The van der Waals surface area contributed by atoms with Crippen molar-refractivity contribution in [1.29, 1.82) is 0 Å². The Hall–Kier alpha value is -2.95. The molecule has 0 spiro atoms. The van der Waals surface area contributed by atoms with Crippen LogP contribution in [0, 0.1) is 0 Å². The molecule has 0 radical (unpaired) electrons. The van der Waals surface area contributed by atoms with Gasteiger partial charge < -0.3 is 19.7 Å². The number of rotatable bonds is 7. The maximum atomic E-state index is 13.2. The fraction of sp³-hybridized carbons (Fsp3) is 0.318. The van der Waals surface area contributed by atoms with Crippen molar-refractivity contribution in [3.63, 3.8) is 0 Å². The third-order valence-corrected chi connectivity index (χ3v) is 4.89. The minimum absolute atomic E-state index is 0.0367. The Morgan fingerprint density at radius 2 is 2.04 bits per heavy atom. The van der Waals surface area contributed by atoms with Crippen LogP contribution in [0.3, 0.4) is 0 Å². The number of carbonyl (C=O) groups is 1. The zero-order valence-corrected chi connectivity index (χ0v) is 16.1. The van der Waals surface area contributed by atoms with E-state index in [2.05, 4.69) is 25.7 Å². The van der Waals surface area contributed by atoms with Gasteiger partial charge in [-0.15, -0.1) is 0 Å². The molecule has 2 aromatic rings. The summed E-state index contributed by atoms with van der Waals surface area (Å²) >= 11 is 0. The number of methoxy groups -OCH3 is 1. The van der Waals surface area contributed by atoms with E-state index < -0.39 is 0 Å². The standard InChI is InChI=1S/C22H26N2O3/c1-5-13-27-19-12-11-16(14-20(19)26-4)21-23-18-10-8-7-9-17(18)22(25)24(21)15(3)6-2/h5,7-12,14-15,21,23H,1,6,13H2,2-4H3/t15-,21-/m1/s1. The maximum Gasteiger partial charge on any atom is 0.258 e. The quantitative estimate of drug-likeness (QED) is 0.726. The molecule has 5 nitrogen and oxygen atoms in total. The Bertz CT molecular complexity index is 834. The zero-order chi connectivity index (χ0) is 19.4. The van der Waals surface area contributed by atoms with Gasteiger partial charge >= 0.3 is 0 Å². The van der Waals surface area contributed by atoms with Crippen molar-refractivity contribution in [3.8, 4) is 11.5 Å². The molecule has 2 atom stereocenters. The molecule has 0 bridgehead atoms. The maximum absolute atomic E-state index is 13.2. The average Bonchev–Trinajstić information content (AvgIpc) is 2.71. The Morgan fingerprint density at radius 1 is 1.26 bits per heavy atom. The lowest BCUT2D eigenvalue weighted by molar-refractivity contribution is 0.0593. The van der Waals surface area contributed by atoms with Crippen LogP contribution in [-0.4, -0.2) is 30.6 Å². The highest BCUT2D eigenvalue weighted by Crippen LogP contribution is 2.38. The van der Waals surface area contributed by atoms with E-state index in [1.807, 2.05) is 47.4 Å². The van der Waals surface area contributed by atoms with E-state index in [4.69, 9.17) is 9.47 Å². The Balaban J connectivity index is 2.02. The molecular weight excluding hydrogens is 340 g/mol. The largest absolute Gasteiger partial charge is 0.493 e. The molecule has 1 aliphatic heterocycles. The molecule has 0 aliphatic carbocycles. The summed E-state index contributed by atoms with van der Waals surface area (Å²) in [4.78, 5) is 15.1. The van der Waals surface area contributed by atoms with E-state index in [9.17, 15) is 4.79 Å². The summed E-state index contributed by atoms with van der Waals surface area (Å²) in [5, 5.41) is 3.52. The fourth-order valence-electron chi connectivity index (χ4n) is 3.29. The van der Waals surface area contributed by atoms with Crippen LogP contribution >= 0.6 is 0 Å². The molecule has 1 heterocycles. The monoisotopic (exact) mass is 366 g/mol. The summed E-state index contributed by atoms with van der Waals surface area (Å²) in [5.74, 6) is 1.32. The average molecular weight is 366 g/mol. The number of amides is 1. The Kier molecular flexibility index (Phi) is 5.69. The van der Waals surface area contributed by atoms with Crippen LogP contribution in [0.2, 0.25) is 0 Å². The zero-order valence-electron chi connectivity index (χ0n) is 16.1. The molecule has 0 saturated carbocycles. The van der Waals surface area contributed by atoms with Crippen molar-refractivity contribution in [1.82, 2.24) is 4.90 Å². The van der Waals surface area contributed by atoms with Crippen molar-refractivity contribution in [3.05, 3.63) is 66.2 Å². The number of carbonyl (C=O) groups excluding carboxylic acids is 1. The second-order valence-electron chi connectivity index (χ2n) is 6.57. The number of benzene rings is 2. The molecule has 5 heteroatoms. The lowest BCUT2D eigenvalue weighted by Crippen LogP contribution is -2.47. The van der Waals surface area contributed by atoms with Crippen molar-refractivity contribution in [2.45, 2.75) is 32.5 Å². The van der Waals surface area contributed by atoms with Gasteiger partial charge in [-0.2, -0.15) is 0 Å². The Labute approximate surface area is 160 Å². The molecular formula is C22H26N2O3. The second kappa shape index (κ2) is 8.16. The van der Waals surface area contributed by atoms with Gasteiger partial charge in [-0.1, -0.05) is 37.8 Å². The minimum Gasteiger partial charge on any atom is -0.493 e. The normalized spacial score (nSPS) is 16.9. The number of hydrogen-bond donors (Lipinski definition) is 1. The summed E-state index contributed by atoms with van der Waals surface area (Å²) in [6.07, 6.45) is 2.28. The predicted molar refractivity (Wildman–Crippen MR) is 107 cm³/mol. The molecule has 0 fully saturated rings. The highest BCUT2D eigenvalue weighted by Gasteiger charge is 2.35. The summed E-state index contributed by atoms with van der Waals surface area (Å²) in [6.45, 7) is 8.23. The first-order valence-electron chi connectivity index (χ1n) is 9.20. The predicted octanol–water partition coefficient (Wildman–Crippen LogP) is 4.63. The molecule has 3 rings (SSSR count). The molecule has 0 saturated heterocycles. The van der Waals surface area contributed by atoms with Gasteiger partial charge in [0.25, 0.3) is 5.91 Å². The van der Waals surface area contributed by atoms with Crippen LogP contribution in [0.15, 0.2) is 55.1 Å². The molecule has 0 aromatic heterocycles. The summed E-state index contributed by atoms with van der Waals surface area (Å²) in [6, 6.07) is 13.5. The van der Waals surface area contributed by atoms with Crippen molar-refractivity contribution in [2.24, 2.45) is 0 Å². The summed E-state index contributed by atoms with van der Waals surface area (Å²) < 4.78 is 11.2. The van der Waals surface area contributed by atoms with Crippen LogP contribution in [0.1, 0.15) is 42.4 Å². The molecule has 142 valence electrons. The third kappa shape index (κ3) is 3.63. The first-order valence-corrected chi connectivity index (χ1v) is 9.20. The number of nitrogens with zero attached hydrogens (tertiary/aromatic N) is 1. The topological polar surface area (TPSA) is 50.8 Å². The highest BCUT2D eigenvalue weighted by atomic mass is 16.5. The van der Waals surface area contributed by atoms with Crippen LogP contribution < -0.4 is 14.8 Å². The highest BCUT2D eigenvalue weighted by molar-refractivity contribution is 6.01. The van der Waals surface area contributed by atoms with Crippen molar-refractivity contribution < 1.29 is 14.3 Å². The first kappa shape index (κ1) is 18.8. The van der Waals surface area contributed by atoms with E-state index in [0.717, 1.165) is 17.7 Å². The van der Waals surface area contributed by atoms with Crippen LogP contribution in [0.5, 0.6) is 11.5 Å². The number of ether oxygens (including phenoxy) is 2. The molecule has 1 amide bonds. The fourth-order valence-corrected chi connectivity index (χ4v) is 3.29. The van der Waals surface area contributed by atoms with E-state index in [1.54, 1.807) is 13.2 Å². The second-order valence-corrected chi connectivity index (χ2v) is 6.57. The van der Waals surface area contributed by atoms with E-state index >= 15 is 0 Å². The molecule has 1 N–H and O–H groups in total. The van der Waals surface area contributed by atoms with Gasteiger partial charge in [-0.3, -0.25) is 4.79 Å². The van der Waals surface area contributed by atoms with Gasteiger partial charge in [-0.05, 0) is 43.2 Å². The number of anilines is 1. The lowest BCUT2D eigenvalue weighted by Gasteiger charge is -2.41. The molecule has 1 aliphatic rings. The summed E-state index contributed by atoms with van der Waals surface area (Å²) in [7, 11) is 1.61. The molecule has 2 aromatic carbocycles. The van der Waals surface area contributed by atoms with Gasteiger partial charge in [0.05, 0.1) is 12.7 Å². The number of fused-ring (bicyclic) bond motifs is 1. The van der Waals surface area contributed by atoms with Crippen LogP contribution in [0.25, 0.3) is 0 Å². The van der Waals surface area contributed by atoms with Gasteiger partial charge in [0.2, 0.25) is 0 Å². The van der Waals surface area contributed by atoms with E-state index in [1.165, 1.54) is 0 Å². The third-order valence-electron chi connectivity index (χ3n) is 4.89. The van der Waals surface area contributed by atoms with Gasteiger partial charge in [0.15, 0.2) is 11.5 Å². The number of hydrogen-bond acceptors (Lipinski definition) is 4. The van der Waals surface area contributed by atoms with Crippen molar-refractivity contribution >= 4 is 11.6 Å². The number of para-hydroxylation sites is 1. The van der Waals surface area contributed by atoms with Gasteiger partial charge in [0, 0.05) is 11.7 Å². The molecule has 27 heavy (non-hydrogen) atoms. The SMILES string of the molecule is C=CCOc1ccc([C@@H]2Nc3ccccc3C(=O)N2[C@H](C)CC)cc1OC. The van der Waals surface area contributed by atoms with Crippen LogP contribution in [0.4, 0.5) is 5.69 Å². The first-order chi connectivity index (χ1) is 13.1. The molecule has 0 unspecified atom stereocenters. The van der Waals surface area contributed by atoms with E-state index in [-0.39, 0.29) is 18.1 Å². The Morgan fingerprint density at radius 3 is 2.74 bits per heavy atom.